The van der Waals surface area contributed by atoms with Crippen LogP contribution in [0.25, 0.3) is 0 Å². The molecule has 0 unspecified atom stereocenters. The largest absolute Gasteiger partial charge is 0.358 e. The fraction of sp³-hybridized carbons (Fsp3) is 0.0714. The molecule has 0 bridgehead atoms. The smallest absolute Gasteiger partial charge is 0.171 e. The second-order valence-electron chi connectivity index (χ2n) is 3.81. The summed E-state index contributed by atoms with van der Waals surface area (Å²) in [4.78, 5) is 0.876. The molecule has 0 aliphatic carbocycles. The second kappa shape index (κ2) is 6.42. The van der Waals surface area contributed by atoms with Crippen molar-refractivity contribution in [2.75, 3.05) is 5.32 Å². The molecule has 2 aromatic carbocycles. The van der Waals surface area contributed by atoms with E-state index >= 15 is 0 Å². The summed E-state index contributed by atoms with van der Waals surface area (Å²) < 4.78 is 0. The van der Waals surface area contributed by atoms with Crippen molar-refractivity contribution in [3.8, 4) is 0 Å². The molecule has 0 amide bonds. The van der Waals surface area contributed by atoms with Crippen LogP contribution in [-0.4, -0.2) is 5.11 Å². The number of benzene rings is 2. The summed E-state index contributed by atoms with van der Waals surface area (Å²) >= 11 is 9.60. The first kappa shape index (κ1) is 12.9. The molecule has 0 spiro atoms. The van der Waals surface area contributed by atoms with E-state index in [4.69, 9.17) is 12.2 Å². The zero-order valence-electron chi connectivity index (χ0n) is 9.76. The van der Waals surface area contributed by atoms with E-state index in [-0.39, 0.29) is 0 Å². The minimum absolute atomic E-state index is 0.598. The Morgan fingerprint density at radius 3 is 2.39 bits per heavy atom. The molecule has 0 atom stereocenters. The van der Waals surface area contributed by atoms with Gasteiger partial charge in [0.05, 0.1) is 5.69 Å². The first-order chi connectivity index (χ1) is 8.75. The van der Waals surface area contributed by atoms with E-state index in [1.165, 1.54) is 5.56 Å². The van der Waals surface area contributed by atoms with Crippen molar-refractivity contribution in [2.45, 2.75) is 11.4 Å². The molecule has 0 aromatic heterocycles. The van der Waals surface area contributed by atoms with Gasteiger partial charge in [-0.05, 0) is 29.9 Å². The van der Waals surface area contributed by atoms with Gasteiger partial charge in [0.25, 0.3) is 0 Å². The van der Waals surface area contributed by atoms with Crippen LogP contribution in [0.1, 0.15) is 5.56 Å². The van der Waals surface area contributed by atoms with Gasteiger partial charge in [-0.2, -0.15) is 0 Å². The second-order valence-corrected chi connectivity index (χ2v) is 4.70. The van der Waals surface area contributed by atoms with Crippen LogP contribution >= 0.6 is 24.8 Å². The topological polar surface area (TPSA) is 24.1 Å². The Balaban J connectivity index is 1.88. The number of thiol groups is 1. The molecule has 18 heavy (non-hydrogen) atoms. The van der Waals surface area contributed by atoms with Crippen LogP contribution in [0.15, 0.2) is 59.5 Å². The summed E-state index contributed by atoms with van der Waals surface area (Å²) in [6.07, 6.45) is 0. The van der Waals surface area contributed by atoms with Crippen molar-refractivity contribution in [1.29, 1.82) is 0 Å². The Labute approximate surface area is 118 Å². The highest BCUT2D eigenvalue weighted by molar-refractivity contribution is 7.81. The van der Waals surface area contributed by atoms with Crippen LogP contribution in [0.4, 0.5) is 5.69 Å². The monoisotopic (exact) mass is 274 g/mol. The quantitative estimate of drug-likeness (QED) is 0.590. The Kier molecular flexibility index (Phi) is 4.61. The maximum Gasteiger partial charge on any atom is 0.171 e. The number of hydrogen-bond donors (Lipinski definition) is 3. The van der Waals surface area contributed by atoms with Crippen LogP contribution in [0.2, 0.25) is 0 Å². The molecule has 2 rings (SSSR count). The van der Waals surface area contributed by atoms with Crippen LogP contribution in [-0.2, 0) is 6.54 Å². The lowest BCUT2D eigenvalue weighted by Crippen LogP contribution is -2.27. The van der Waals surface area contributed by atoms with E-state index in [2.05, 4.69) is 35.4 Å². The third-order valence-corrected chi connectivity index (χ3v) is 3.08. The third-order valence-electron chi connectivity index (χ3n) is 2.45. The van der Waals surface area contributed by atoms with Gasteiger partial charge in [-0.3, -0.25) is 0 Å². The van der Waals surface area contributed by atoms with Gasteiger partial charge in [-0.15, -0.1) is 12.6 Å². The van der Waals surface area contributed by atoms with Crippen LogP contribution in [0.5, 0.6) is 0 Å². The van der Waals surface area contributed by atoms with Gasteiger partial charge < -0.3 is 10.6 Å². The van der Waals surface area contributed by atoms with Gasteiger partial charge in [0.2, 0.25) is 0 Å². The van der Waals surface area contributed by atoms with E-state index in [1.807, 2.05) is 42.5 Å². The molecule has 0 aliphatic heterocycles. The van der Waals surface area contributed by atoms with Gasteiger partial charge >= 0.3 is 0 Å². The average Bonchev–Trinajstić information content (AvgIpc) is 2.40. The van der Waals surface area contributed by atoms with Crippen molar-refractivity contribution in [1.82, 2.24) is 5.32 Å². The van der Waals surface area contributed by atoms with Crippen molar-refractivity contribution in [3.63, 3.8) is 0 Å². The summed E-state index contributed by atoms with van der Waals surface area (Å²) in [5.74, 6) is 0. The van der Waals surface area contributed by atoms with Crippen LogP contribution in [0.3, 0.4) is 0 Å². The lowest BCUT2D eigenvalue weighted by atomic mass is 10.2. The summed E-state index contributed by atoms with van der Waals surface area (Å²) in [7, 11) is 0. The minimum atomic E-state index is 0.598. The fourth-order valence-electron chi connectivity index (χ4n) is 1.52. The van der Waals surface area contributed by atoms with E-state index in [0.717, 1.165) is 10.6 Å². The molecule has 4 heteroatoms. The Bertz CT molecular complexity index is 526. The predicted molar refractivity (Wildman–Crippen MR) is 83.2 cm³/mol. The maximum absolute atomic E-state index is 5.24. The lowest BCUT2D eigenvalue weighted by Gasteiger charge is -2.11. The van der Waals surface area contributed by atoms with Crippen molar-refractivity contribution >= 4 is 35.6 Å². The van der Waals surface area contributed by atoms with Gasteiger partial charge in [-0.1, -0.05) is 42.5 Å². The standard InChI is InChI=1S/C14H14N2S2/c17-13-9-5-4-8-12(13)16-14(18)15-10-11-6-2-1-3-7-11/h1-9,17H,10H2,(H2,15,16,18). The van der Waals surface area contributed by atoms with E-state index in [0.29, 0.717) is 11.7 Å². The minimum Gasteiger partial charge on any atom is -0.358 e. The van der Waals surface area contributed by atoms with Crippen molar-refractivity contribution in [3.05, 3.63) is 60.2 Å². The Morgan fingerprint density at radius 1 is 1.00 bits per heavy atom. The van der Waals surface area contributed by atoms with E-state index in [9.17, 15) is 0 Å². The molecule has 92 valence electrons. The summed E-state index contributed by atoms with van der Waals surface area (Å²) in [6.45, 7) is 0.710. The lowest BCUT2D eigenvalue weighted by molar-refractivity contribution is 0.925. The van der Waals surface area contributed by atoms with Gasteiger partial charge in [-0.25, -0.2) is 0 Å². The molecule has 2 N–H and O–H groups in total. The molecule has 2 nitrogen and oxygen atoms in total. The van der Waals surface area contributed by atoms with Crippen molar-refractivity contribution < 1.29 is 0 Å². The Morgan fingerprint density at radius 2 is 1.67 bits per heavy atom. The zero-order valence-corrected chi connectivity index (χ0v) is 11.5. The van der Waals surface area contributed by atoms with E-state index < -0.39 is 0 Å². The van der Waals surface area contributed by atoms with E-state index in [1.54, 1.807) is 0 Å². The van der Waals surface area contributed by atoms with Crippen LogP contribution < -0.4 is 10.6 Å². The van der Waals surface area contributed by atoms with Gasteiger partial charge in [0, 0.05) is 11.4 Å². The fourth-order valence-corrected chi connectivity index (χ4v) is 1.92. The molecular formula is C14H14N2S2. The molecule has 2 aromatic rings. The number of anilines is 1. The normalized spacial score (nSPS) is 9.83. The third kappa shape index (κ3) is 3.75. The predicted octanol–water partition coefficient (Wildman–Crippen LogP) is 3.46. The van der Waals surface area contributed by atoms with Crippen molar-refractivity contribution in [2.24, 2.45) is 0 Å². The summed E-state index contributed by atoms with van der Waals surface area (Å²) in [6, 6.07) is 17.9. The first-order valence-electron chi connectivity index (χ1n) is 5.62. The highest BCUT2D eigenvalue weighted by atomic mass is 32.1. The first-order valence-corrected chi connectivity index (χ1v) is 6.48. The summed E-state index contributed by atoms with van der Waals surface area (Å²) in [5.41, 5.74) is 2.10. The molecule has 0 aliphatic rings. The number of para-hydroxylation sites is 1. The van der Waals surface area contributed by atoms with Gasteiger partial charge in [0.15, 0.2) is 5.11 Å². The van der Waals surface area contributed by atoms with Crippen LogP contribution in [0, 0.1) is 0 Å². The number of nitrogens with one attached hydrogen (secondary N) is 2. The molecule has 0 radical (unpaired) electrons. The number of hydrogen-bond acceptors (Lipinski definition) is 2. The molecule has 0 fully saturated rings. The zero-order chi connectivity index (χ0) is 12.8. The van der Waals surface area contributed by atoms with Gasteiger partial charge in [0.1, 0.15) is 0 Å². The molecule has 0 heterocycles. The SMILES string of the molecule is S=C(NCc1ccccc1)Nc1ccccc1S. The highest BCUT2D eigenvalue weighted by Gasteiger charge is 2.00. The molecular weight excluding hydrogens is 260 g/mol. The number of thiocarbonyl (C=S) groups is 1. The summed E-state index contributed by atoms with van der Waals surface area (Å²) in [5, 5.41) is 6.88. The molecule has 0 saturated heterocycles. The average molecular weight is 274 g/mol. The Hall–Kier alpha value is -1.52. The number of rotatable bonds is 3. The highest BCUT2D eigenvalue weighted by Crippen LogP contribution is 2.18. The maximum atomic E-state index is 5.24. The molecule has 0 saturated carbocycles.